The predicted octanol–water partition coefficient (Wildman–Crippen LogP) is 3.12. The molecule has 0 saturated carbocycles. The third-order valence-corrected chi connectivity index (χ3v) is 3.95. The first-order valence-corrected chi connectivity index (χ1v) is 8.27. The molecule has 1 aromatic heterocycles. The van der Waals surface area contributed by atoms with Gasteiger partial charge in [-0.15, -0.1) is 5.10 Å². The first kappa shape index (κ1) is 17.2. The predicted molar refractivity (Wildman–Crippen MR) is 90.3 cm³/mol. The SMILES string of the molecule is CCCNC(=O)C(C)Sc1n[nH]c(/C=C/c2ccc(F)cc2)n1. The molecular weight excluding hydrogens is 315 g/mol. The zero-order valence-electron chi connectivity index (χ0n) is 13.0. The maximum atomic E-state index is 12.8. The first-order valence-electron chi connectivity index (χ1n) is 7.39. The van der Waals surface area contributed by atoms with E-state index in [0.717, 1.165) is 12.0 Å². The van der Waals surface area contributed by atoms with Crippen molar-refractivity contribution in [3.05, 3.63) is 41.5 Å². The standard InChI is InChI=1S/C16H19FN4OS/c1-3-10-18-15(22)11(2)23-16-19-14(20-21-16)9-6-12-4-7-13(17)8-5-12/h4-9,11H,3,10H2,1-2H3,(H,18,22)(H,19,20,21)/b9-6+. The summed E-state index contributed by atoms with van der Waals surface area (Å²) in [7, 11) is 0. The van der Waals surface area contributed by atoms with Crippen molar-refractivity contribution in [2.24, 2.45) is 0 Å². The fourth-order valence-electron chi connectivity index (χ4n) is 1.74. The number of carbonyl (C=O) groups is 1. The second-order valence-electron chi connectivity index (χ2n) is 4.94. The molecule has 0 saturated heterocycles. The largest absolute Gasteiger partial charge is 0.355 e. The molecule has 1 amide bonds. The van der Waals surface area contributed by atoms with Crippen molar-refractivity contribution >= 4 is 29.8 Å². The Balaban J connectivity index is 1.92. The van der Waals surface area contributed by atoms with Crippen molar-refractivity contribution in [1.29, 1.82) is 0 Å². The Hall–Kier alpha value is -2.15. The van der Waals surface area contributed by atoms with Gasteiger partial charge in [0.15, 0.2) is 0 Å². The van der Waals surface area contributed by atoms with E-state index in [4.69, 9.17) is 0 Å². The fraction of sp³-hybridized carbons (Fsp3) is 0.312. The van der Waals surface area contributed by atoms with E-state index in [2.05, 4.69) is 20.5 Å². The Kier molecular flexibility index (Phi) is 6.34. The molecule has 0 radical (unpaired) electrons. The number of nitrogens with one attached hydrogen (secondary N) is 2. The number of aromatic amines is 1. The highest BCUT2D eigenvalue weighted by atomic mass is 32.2. The van der Waals surface area contributed by atoms with Gasteiger partial charge in [0.05, 0.1) is 5.25 Å². The molecule has 2 rings (SSSR count). The number of carbonyl (C=O) groups excluding carboxylic acids is 1. The van der Waals surface area contributed by atoms with Crippen LogP contribution in [0.2, 0.25) is 0 Å². The van der Waals surface area contributed by atoms with Gasteiger partial charge in [0, 0.05) is 6.54 Å². The lowest BCUT2D eigenvalue weighted by Gasteiger charge is -2.08. The highest BCUT2D eigenvalue weighted by Gasteiger charge is 2.16. The summed E-state index contributed by atoms with van der Waals surface area (Å²) >= 11 is 1.30. The maximum Gasteiger partial charge on any atom is 0.233 e. The number of H-pyrrole nitrogens is 1. The van der Waals surface area contributed by atoms with Gasteiger partial charge >= 0.3 is 0 Å². The van der Waals surface area contributed by atoms with Crippen LogP contribution in [-0.2, 0) is 4.79 Å². The van der Waals surface area contributed by atoms with Gasteiger partial charge in [-0.05, 0) is 37.1 Å². The summed E-state index contributed by atoms with van der Waals surface area (Å²) in [6, 6.07) is 6.16. The maximum absolute atomic E-state index is 12.8. The van der Waals surface area contributed by atoms with Crippen LogP contribution >= 0.6 is 11.8 Å². The van der Waals surface area contributed by atoms with Gasteiger partial charge in [0.2, 0.25) is 11.1 Å². The molecule has 7 heteroatoms. The molecule has 0 spiro atoms. The summed E-state index contributed by atoms with van der Waals surface area (Å²) in [4.78, 5) is 16.1. The van der Waals surface area contributed by atoms with E-state index in [1.165, 1.54) is 23.9 Å². The highest BCUT2D eigenvalue weighted by molar-refractivity contribution is 8.00. The second kappa shape index (κ2) is 8.47. The van der Waals surface area contributed by atoms with E-state index in [0.29, 0.717) is 17.5 Å². The van der Waals surface area contributed by atoms with Crippen molar-refractivity contribution in [2.45, 2.75) is 30.7 Å². The summed E-state index contributed by atoms with van der Waals surface area (Å²) in [5.41, 5.74) is 0.865. The number of rotatable bonds is 7. The van der Waals surface area contributed by atoms with E-state index in [9.17, 15) is 9.18 Å². The molecule has 0 aliphatic rings. The van der Waals surface area contributed by atoms with Crippen molar-refractivity contribution in [1.82, 2.24) is 20.5 Å². The highest BCUT2D eigenvalue weighted by Crippen LogP contribution is 2.19. The van der Waals surface area contributed by atoms with Gasteiger partial charge < -0.3 is 5.32 Å². The van der Waals surface area contributed by atoms with Gasteiger partial charge in [0.25, 0.3) is 0 Å². The lowest BCUT2D eigenvalue weighted by Crippen LogP contribution is -2.31. The number of amides is 1. The lowest BCUT2D eigenvalue weighted by atomic mass is 10.2. The van der Waals surface area contributed by atoms with Gasteiger partial charge in [0.1, 0.15) is 11.6 Å². The van der Waals surface area contributed by atoms with Crippen molar-refractivity contribution in [3.63, 3.8) is 0 Å². The summed E-state index contributed by atoms with van der Waals surface area (Å²) in [5.74, 6) is 0.291. The van der Waals surface area contributed by atoms with Crippen LogP contribution in [-0.4, -0.2) is 32.9 Å². The molecule has 5 nitrogen and oxygen atoms in total. The van der Waals surface area contributed by atoms with Gasteiger partial charge in [-0.2, -0.15) is 0 Å². The van der Waals surface area contributed by atoms with E-state index < -0.39 is 0 Å². The smallest absolute Gasteiger partial charge is 0.233 e. The number of thioether (sulfide) groups is 1. The molecule has 1 unspecified atom stereocenters. The third-order valence-electron chi connectivity index (χ3n) is 2.99. The Bertz CT molecular complexity index is 669. The number of nitrogens with zero attached hydrogens (tertiary/aromatic N) is 2. The quantitative estimate of drug-likeness (QED) is 0.763. The summed E-state index contributed by atoms with van der Waals surface area (Å²) in [5, 5.41) is 9.98. The molecule has 1 heterocycles. The minimum absolute atomic E-state index is 0.0231. The van der Waals surface area contributed by atoms with Crippen molar-refractivity contribution in [2.75, 3.05) is 6.54 Å². The van der Waals surface area contributed by atoms with Crippen LogP contribution in [0.25, 0.3) is 12.2 Å². The molecule has 1 aromatic carbocycles. The second-order valence-corrected chi connectivity index (χ2v) is 6.25. The minimum atomic E-state index is -0.268. The van der Waals surface area contributed by atoms with Gasteiger partial charge in [-0.25, -0.2) is 9.37 Å². The summed E-state index contributed by atoms with van der Waals surface area (Å²) in [6.45, 7) is 4.50. The summed E-state index contributed by atoms with van der Waals surface area (Å²) < 4.78 is 12.8. The number of aromatic nitrogens is 3. The number of hydrogen-bond donors (Lipinski definition) is 2. The molecule has 2 N–H and O–H groups in total. The van der Waals surface area contributed by atoms with E-state index in [-0.39, 0.29) is 17.0 Å². The molecule has 122 valence electrons. The van der Waals surface area contributed by atoms with Crippen LogP contribution in [0.3, 0.4) is 0 Å². The van der Waals surface area contributed by atoms with E-state index >= 15 is 0 Å². The zero-order valence-corrected chi connectivity index (χ0v) is 13.9. The minimum Gasteiger partial charge on any atom is -0.355 e. The molecule has 23 heavy (non-hydrogen) atoms. The Labute approximate surface area is 138 Å². The molecule has 0 aliphatic heterocycles. The lowest BCUT2D eigenvalue weighted by molar-refractivity contribution is -0.120. The van der Waals surface area contributed by atoms with E-state index in [1.54, 1.807) is 18.2 Å². The van der Waals surface area contributed by atoms with Crippen molar-refractivity contribution < 1.29 is 9.18 Å². The topological polar surface area (TPSA) is 70.7 Å². The molecule has 0 bridgehead atoms. The van der Waals surface area contributed by atoms with Crippen LogP contribution in [0, 0.1) is 5.82 Å². The van der Waals surface area contributed by atoms with Crippen LogP contribution in [0.15, 0.2) is 29.4 Å². The van der Waals surface area contributed by atoms with Crippen LogP contribution in [0.4, 0.5) is 4.39 Å². The van der Waals surface area contributed by atoms with E-state index in [1.807, 2.05) is 19.9 Å². The number of hydrogen-bond acceptors (Lipinski definition) is 4. The van der Waals surface area contributed by atoms with Crippen LogP contribution < -0.4 is 5.32 Å². The van der Waals surface area contributed by atoms with Gasteiger partial charge in [-0.1, -0.05) is 36.9 Å². The van der Waals surface area contributed by atoms with Crippen LogP contribution in [0.1, 0.15) is 31.7 Å². The average molecular weight is 334 g/mol. The Morgan fingerprint density at radius 1 is 1.39 bits per heavy atom. The zero-order chi connectivity index (χ0) is 16.7. The Morgan fingerprint density at radius 3 is 2.83 bits per heavy atom. The summed E-state index contributed by atoms with van der Waals surface area (Å²) in [6.07, 6.45) is 4.47. The molecule has 0 fully saturated rings. The van der Waals surface area contributed by atoms with Crippen molar-refractivity contribution in [3.8, 4) is 0 Å². The molecule has 0 aliphatic carbocycles. The monoisotopic (exact) mass is 334 g/mol. The molecule has 2 aromatic rings. The number of benzene rings is 1. The Morgan fingerprint density at radius 2 is 2.13 bits per heavy atom. The third kappa shape index (κ3) is 5.52. The first-order chi connectivity index (χ1) is 11.1. The van der Waals surface area contributed by atoms with Crippen LogP contribution in [0.5, 0.6) is 0 Å². The fourth-order valence-corrected chi connectivity index (χ4v) is 2.49. The molecular formula is C16H19FN4OS. The normalized spacial score (nSPS) is 12.5. The number of halogens is 1. The molecule has 1 atom stereocenters. The van der Waals surface area contributed by atoms with Gasteiger partial charge in [-0.3, -0.25) is 9.89 Å². The average Bonchev–Trinajstić information content (AvgIpc) is 2.99.